The van der Waals surface area contributed by atoms with Gasteiger partial charge in [0, 0.05) is 11.9 Å². The minimum atomic E-state index is -0.492. The number of hydrogen-bond donors (Lipinski definition) is 0. The second-order valence-electron chi connectivity index (χ2n) is 6.56. The lowest BCUT2D eigenvalue weighted by molar-refractivity contribution is 0.00578. The molecule has 0 amide bonds. The Kier molecular flexibility index (Phi) is 3.53. The van der Waals surface area contributed by atoms with Crippen LogP contribution in [0, 0.1) is 6.92 Å². The first kappa shape index (κ1) is 15.1. The molecule has 3 heterocycles. The van der Waals surface area contributed by atoms with Gasteiger partial charge in [0.2, 0.25) is 0 Å². The monoisotopic (exact) mass is 297 g/mol. The molecule has 0 N–H and O–H groups in total. The van der Waals surface area contributed by atoms with E-state index in [4.69, 9.17) is 9.31 Å². The molecule has 0 saturated carbocycles. The molecule has 1 fully saturated rings. The molecular weight excluding hydrogens is 277 g/mol. The minimum absolute atomic E-state index is 0.387. The molecule has 3 rings (SSSR count). The molecule has 6 heteroatoms. The normalized spacial score (nSPS) is 19.4. The molecule has 2 aromatic heterocycles. The van der Waals surface area contributed by atoms with E-state index in [-0.39, 0.29) is 11.2 Å². The fourth-order valence-electron chi connectivity index (χ4n) is 2.29. The highest BCUT2D eigenvalue weighted by atomic mass is 16.7. The van der Waals surface area contributed by atoms with Crippen LogP contribution in [-0.4, -0.2) is 33.3 Å². The Hall–Kier alpha value is -1.79. The van der Waals surface area contributed by atoms with E-state index in [1.54, 1.807) is 6.20 Å². The average molecular weight is 297 g/mol. The highest BCUT2D eigenvalue weighted by Crippen LogP contribution is 2.36. The van der Waals surface area contributed by atoms with Gasteiger partial charge in [-0.25, -0.2) is 9.97 Å². The van der Waals surface area contributed by atoms with Crippen LogP contribution in [0.3, 0.4) is 0 Å². The summed E-state index contributed by atoms with van der Waals surface area (Å²) in [6.45, 7) is 10.0. The molecule has 114 valence electrons. The molecule has 2 aromatic rings. The van der Waals surface area contributed by atoms with Crippen molar-refractivity contribution < 1.29 is 9.31 Å². The van der Waals surface area contributed by atoms with Crippen LogP contribution in [0.5, 0.6) is 0 Å². The van der Waals surface area contributed by atoms with E-state index < -0.39 is 7.12 Å². The molecule has 0 aliphatic carbocycles. The molecule has 0 atom stereocenters. The third-order valence-corrected chi connectivity index (χ3v) is 4.26. The molecule has 1 aliphatic rings. The second kappa shape index (κ2) is 5.14. The summed E-state index contributed by atoms with van der Waals surface area (Å²) in [7, 11) is -0.492. The summed E-state index contributed by atoms with van der Waals surface area (Å²) < 4.78 is 12.1. The SMILES string of the molecule is Cc1cc(B2OC(C)(C)C(C)(C)O2)nc(-c2ccccn2)n1. The second-order valence-corrected chi connectivity index (χ2v) is 6.56. The Labute approximate surface area is 131 Å². The van der Waals surface area contributed by atoms with Crippen LogP contribution >= 0.6 is 0 Å². The minimum Gasteiger partial charge on any atom is -0.398 e. The number of aromatic nitrogens is 3. The van der Waals surface area contributed by atoms with Crippen molar-refractivity contribution in [3.05, 3.63) is 36.2 Å². The molecule has 0 spiro atoms. The summed E-state index contributed by atoms with van der Waals surface area (Å²) in [5.41, 5.74) is 1.56. The zero-order valence-corrected chi connectivity index (χ0v) is 13.6. The first-order chi connectivity index (χ1) is 10.3. The largest absolute Gasteiger partial charge is 0.514 e. The van der Waals surface area contributed by atoms with Gasteiger partial charge in [-0.3, -0.25) is 4.98 Å². The van der Waals surface area contributed by atoms with Crippen molar-refractivity contribution >= 4 is 12.7 Å². The maximum Gasteiger partial charge on any atom is 0.514 e. The highest BCUT2D eigenvalue weighted by molar-refractivity contribution is 6.61. The summed E-state index contributed by atoms with van der Waals surface area (Å²) in [4.78, 5) is 13.4. The molecule has 5 nitrogen and oxygen atoms in total. The zero-order valence-electron chi connectivity index (χ0n) is 13.6. The number of pyridine rings is 1. The van der Waals surface area contributed by atoms with Gasteiger partial charge in [-0.2, -0.15) is 0 Å². The fraction of sp³-hybridized carbons (Fsp3) is 0.438. The summed E-state index contributed by atoms with van der Waals surface area (Å²) in [5.74, 6) is 0.588. The van der Waals surface area contributed by atoms with Gasteiger partial charge in [0.25, 0.3) is 0 Å². The Morgan fingerprint density at radius 3 is 2.27 bits per heavy atom. The highest BCUT2D eigenvalue weighted by Gasteiger charge is 2.52. The standard InChI is InChI=1S/C16H20BN3O2/c1-11-10-13(17-21-15(2,3)16(4,5)22-17)20-14(19-11)12-8-6-7-9-18-12/h6-10H,1-5H3. The van der Waals surface area contributed by atoms with Crippen LogP contribution in [0.1, 0.15) is 33.4 Å². The lowest BCUT2D eigenvalue weighted by Gasteiger charge is -2.32. The lowest BCUT2D eigenvalue weighted by Crippen LogP contribution is -2.41. The number of rotatable bonds is 2. The topological polar surface area (TPSA) is 57.1 Å². The van der Waals surface area contributed by atoms with Crippen LogP contribution in [0.15, 0.2) is 30.5 Å². The van der Waals surface area contributed by atoms with E-state index in [2.05, 4.69) is 15.0 Å². The van der Waals surface area contributed by atoms with Crippen molar-refractivity contribution in [1.82, 2.24) is 15.0 Å². The Morgan fingerprint density at radius 2 is 1.68 bits per heavy atom. The van der Waals surface area contributed by atoms with Crippen LogP contribution in [-0.2, 0) is 9.31 Å². The van der Waals surface area contributed by atoms with E-state index in [0.29, 0.717) is 5.82 Å². The molecule has 22 heavy (non-hydrogen) atoms. The summed E-state index contributed by atoms with van der Waals surface area (Å²) in [6, 6.07) is 7.58. The third-order valence-electron chi connectivity index (χ3n) is 4.26. The van der Waals surface area contributed by atoms with E-state index in [1.165, 1.54) is 0 Å². The molecule has 0 bridgehead atoms. The first-order valence-corrected chi connectivity index (χ1v) is 7.41. The first-order valence-electron chi connectivity index (χ1n) is 7.41. The predicted octanol–water partition coefficient (Wildman–Crippen LogP) is 2.15. The predicted molar refractivity (Wildman–Crippen MR) is 85.7 cm³/mol. The van der Waals surface area contributed by atoms with E-state index in [0.717, 1.165) is 17.0 Å². The van der Waals surface area contributed by atoms with Crippen molar-refractivity contribution in [3.8, 4) is 11.5 Å². The van der Waals surface area contributed by atoms with E-state index in [1.807, 2.05) is 58.9 Å². The van der Waals surface area contributed by atoms with Crippen molar-refractivity contribution in [3.63, 3.8) is 0 Å². The van der Waals surface area contributed by atoms with Gasteiger partial charge in [-0.05, 0) is 52.8 Å². The van der Waals surface area contributed by atoms with Gasteiger partial charge < -0.3 is 9.31 Å². The van der Waals surface area contributed by atoms with Gasteiger partial charge in [0.1, 0.15) is 5.69 Å². The molecular formula is C16H20BN3O2. The maximum absolute atomic E-state index is 6.06. The Balaban J connectivity index is 1.98. The summed E-state index contributed by atoms with van der Waals surface area (Å²) in [5, 5.41) is 0. The summed E-state index contributed by atoms with van der Waals surface area (Å²) in [6.07, 6.45) is 1.73. The fourth-order valence-corrected chi connectivity index (χ4v) is 2.29. The number of nitrogens with zero attached hydrogens (tertiary/aromatic N) is 3. The third kappa shape index (κ3) is 2.64. The van der Waals surface area contributed by atoms with E-state index >= 15 is 0 Å². The van der Waals surface area contributed by atoms with Gasteiger partial charge in [-0.1, -0.05) is 6.07 Å². The van der Waals surface area contributed by atoms with Crippen molar-refractivity contribution in [2.75, 3.05) is 0 Å². The number of aryl methyl sites for hydroxylation is 1. The Morgan fingerprint density at radius 1 is 1.00 bits per heavy atom. The molecule has 0 aromatic carbocycles. The van der Waals surface area contributed by atoms with Gasteiger partial charge in [0.05, 0.1) is 16.8 Å². The van der Waals surface area contributed by atoms with Crippen LogP contribution < -0.4 is 5.59 Å². The van der Waals surface area contributed by atoms with Crippen molar-refractivity contribution in [2.45, 2.75) is 45.8 Å². The Bertz CT molecular complexity index is 673. The lowest BCUT2D eigenvalue weighted by atomic mass is 9.84. The average Bonchev–Trinajstić information content (AvgIpc) is 2.68. The van der Waals surface area contributed by atoms with Crippen LogP contribution in [0.25, 0.3) is 11.5 Å². The van der Waals surface area contributed by atoms with Gasteiger partial charge >= 0.3 is 7.12 Å². The molecule has 0 radical (unpaired) electrons. The van der Waals surface area contributed by atoms with E-state index in [9.17, 15) is 0 Å². The smallest absolute Gasteiger partial charge is 0.398 e. The maximum atomic E-state index is 6.06. The summed E-state index contributed by atoms with van der Waals surface area (Å²) >= 11 is 0. The van der Waals surface area contributed by atoms with Crippen molar-refractivity contribution in [2.24, 2.45) is 0 Å². The number of hydrogen-bond acceptors (Lipinski definition) is 5. The zero-order chi connectivity index (χ0) is 16.0. The van der Waals surface area contributed by atoms with Crippen LogP contribution in [0.2, 0.25) is 0 Å². The quantitative estimate of drug-likeness (QED) is 0.795. The molecule has 0 unspecified atom stereocenters. The molecule has 1 saturated heterocycles. The van der Waals surface area contributed by atoms with Gasteiger partial charge in [0.15, 0.2) is 5.82 Å². The van der Waals surface area contributed by atoms with Crippen LogP contribution in [0.4, 0.5) is 0 Å². The van der Waals surface area contributed by atoms with Gasteiger partial charge in [-0.15, -0.1) is 0 Å². The van der Waals surface area contributed by atoms with Crippen molar-refractivity contribution in [1.29, 1.82) is 0 Å². The molecule has 1 aliphatic heterocycles.